The summed E-state index contributed by atoms with van der Waals surface area (Å²) in [7, 11) is 0. The van der Waals surface area contributed by atoms with Crippen molar-refractivity contribution in [1.82, 2.24) is 0 Å². The van der Waals surface area contributed by atoms with Crippen molar-refractivity contribution in [3.05, 3.63) is 0 Å². The zero-order valence-corrected chi connectivity index (χ0v) is 10.6. The van der Waals surface area contributed by atoms with Crippen LogP contribution in [0.25, 0.3) is 0 Å². The molecule has 0 aromatic heterocycles. The summed E-state index contributed by atoms with van der Waals surface area (Å²) in [6.45, 7) is 2.28. The Balaban J connectivity index is 1.98. The van der Waals surface area contributed by atoms with Gasteiger partial charge in [0.1, 0.15) is 0 Å². The minimum absolute atomic E-state index is 0.237. The molecule has 2 nitrogen and oxygen atoms in total. The molecule has 0 saturated heterocycles. The van der Waals surface area contributed by atoms with Gasteiger partial charge in [-0.05, 0) is 50.4 Å². The van der Waals surface area contributed by atoms with E-state index in [9.17, 15) is 5.11 Å². The minimum Gasteiger partial charge on any atom is -0.390 e. The van der Waals surface area contributed by atoms with Gasteiger partial charge in [0.15, 0.2) is 0 Å². The lowest BCUT2D eigenvalue weighted by molar-refractivity contribution is -0.0726. The molecule has 16 heavy (non-hydrogen) atoms. The van der Waals surface area contributed by atoms with Crippen LogP contribution >= 0.6 is 0 Å². The molecular weight excluding hydrogens is 198 g/mol. The van der Waals surface area contributed by atoms with Gasteiger partial charge in [0, 0.05) is 6.04 Å². The molecule has 0 aromatic rings. The predicted octanol–water partition coefficient (Wildman–Crippen LogP) is 2.84. The van der Waals surface area contributed by atoms with Gasteiger partial charge in [-0.2, -0.15) is 0 Å². The summed E-state index contributed by atoms with van der Waals surface area (Å²) in [5.74, 6) is 1.37. The highest BCUT2D eigenvalue weighted by atomic mass is 16.3. The third-order valence-electron chi connectivity index (χ3n) is 4.92. The largest absolute Gasteiger partial charge is 0.390 e. The van der Waals surface area contributed by atoms with E-state index in [1.165, 1.54) is 32.1 Å². The SMILES string of the molecule is CCC1CCCC(C2(O)CCCC(N)C2)C1. The molecule has 2 fully saturated rings. The fourth-order valence-corrected chi connectivity index (χ4v) is 3.85. The van der Waals surface area contributed by atoms with Crippen LogP contribution in [0.2, 0.25) is 0 Å². The summed E-state index contributed by atoms with van der Waals surface area (Å²) in [5.41, 5.74) is 5.60. The molecule has 2 heteroatoms. The van der Waals surface area contributed by atoms with Gasteiger partial charge in [-0.15, -0.1) is 0 Å². The van der Waals surface area contributed by atoms with Crippen LogP contribution in [0.3, 0.4) is 0 Å². The van der Waals surface area contributed by atoms with Gasteiger partial charge in [-0.3, -0.25) is 0 Å². The maximum absolute atomic E-state index is 10.8. The summed E-state index contributed by atoms with van der Waals surface area (Å²) < 4.78 is 0. The van der Waals surface area contributed by atoms with Crippen molar-refractivity contribution in [3.8, 4) is 0 Å². The first kappa shape index (κ1) is 12.4. The second kappa shape index (κ2) is 5.05. The van der Waals surface area contributed by atoms with E-state index < -0.39 is 5.60 Å². The molecule has 2 rings (SSSR count). The van der Waals surface area contributed by atoms with Crippen molar-refractivity contribution in [3.63, 3.8) is 0 Å². The zero-order valence-electron chi connectivity index (χ0n) is 10.6. The molecule has 0 bridgehead atoms. The second-order valence-electron chi connectivity index (χ2n) is 6.10. The summed E-state index contributed by atoms with van der Waals surface area (Å²) in [6, 6.07) is 0.237. The third kappa shape index (κ3) is 2.60. The van der Waals surface area contributed by atoms with E-state index in [1.807, 2.05) is 0 Å². The third-order valence-corrected chi connectivity index (χ3v) is 4.92. The first-order chi connectivity index (χ1) is 7.64. The fraction of sp³-hybridized carbons (Fsp3) is 1.00. The van der Waals surface area contributed by atoms with Crippen LogP contribution in [0, 0.1) is 11.8 Å². The lowest BCUT2D eigenvalue weighted by atomic mass is 9.66. The van der Waals surface area contributed by atoms with Crippen LogP contribution < -0.4 is 5.73 Å². The van der Waals surface area contributed by atoms with E-state index in [0.29, 0.717) is 5.92 Å². The lowest BCUT2D eigenvalue weighted by Gasteiger charge is -2.44. The molecule has 94 valence electrons. The summed E-state index contributed by atoms with van der Waals surface area (Å²) in [6.07, 6.45) is 10.5. The number of nitrogens with two attached hydrogens (primary N) is 1. The summed E-state index contributed by atoms with van der Waals surface area (Å²) in [4.78, 5) is 0. The van der Waals surface area contributed by atoms with Gasteiger partial charge in [0.25, 0.3) is 0 Å². The standard InChI is InChI=1S/C14H27NO/c1-2-11-5-3-6-12(9-11)14(16)8-4-7-13(15)10-14/h11-13,16H,2-10,15H2,1H3. The molecule has 0 spiro atoms. The van der Waals surface area contributed by atoms with Crippen LogP contribution in [0.4, 0.5) is 0 Å². The molecule has 2 saturated carbocycles. The zero-order chi connectivity index (χ0) is 11.6. The molecule has 2 aliphatic rings. The van der Waals surface area contributed by atoms with Crippen molar-refractivity contribution in [2.24, 2.45) is 17.6 Å². The average molecular weight is 225 g/mol. The molecular formula is C14H27NO. The van der Waals surface area contributed by atoms with E-state index in [4.69, 9.17) is 5.73 Å². The molecule has 0 aliphatic heterocycles. The topological polar surface area (TPSA) is 46.2 Å². The van der Waals surface area contributed by atoms with Crippen LogP contribution in [-0.4, -0.2) is 16.7 Å². The van der Waals surface area contributed by atoms with Gasteiger partial charge >= 0.3 is 0 Å². The lowest BCUT2D eigenvalue weighted by Crippen LogP contribution is -2.47. The van der Waals surface area contributed by atoms with Gasteiger partial charge in [0.2, 0.25) is 0 Å². The number of aliphatic hydroxyl groups is 1. The Morgan fingerprint density at radius 1 is 1.25 bits per heavy atom. The van der Waals surface area contributed by atoms with E-state index in [-0.39, 0.29) is 6.04 Å². The van der Waals surface area contributed by atoms with Crippen molar-refractivity contribution in [2.45, 2.75) is 76.4 Å². The first-order valence-corrected chi connectivity index (χ1v) is 7.12. The number of hydrogen-bond donors (Lipinski definition) is 2. The van der Waals surface area contributed by atoms with Crippen molar-refractivity contribution >= 4 is 0 Å². The molecule has 0 radical (unpaired) electrons. The van der Waals surface area contributed by atoms with Gasteiger partial charge < -0.3 is 10.8 Å². The molecule has 0 amide bonds. The maximum atomic E-state index is 10.8. The van der Waals surface area contributed by atoms with Crippen LogP contribution in [-0.2, 0) is 0 Å². The molecule has 3 N–H and O–H groups in total. The van der Waals surface area contributed by atoms with E-state index in [1.54, 1.807) is 0 Å². The molecule has 0 heterocycles. The van der Waals surface area contributed by atoms with Crippen molar-refractivity contribution in [2.75, 3.05) is 0 Å². The number of rotatable bonds is 2. The molecule has 4 atom stereocenters. The Morgan fingerprint density at radius 2 is 2.06 bits per heavy atom. The van der Waals surface area contributed by atoms with Gasteiger partial charge in [0.05, 0.1) is 5.60 Å². The van der Waals surface area contributed by atoms with Crippen LogP contribution in [0.5, 0.6) is 0 Å². The smallest absolute Gasteiger partial charge is 0.0690 e. The first-order valence-electron chi connectivity index (χ1n) is 7.12. The fourth-order valence-electron chi connectivity index (χ4n) is 3.85. The monoisotopic (exact) mass is 225 g/mol. The van der Waals surface area contributed by atoms with Crippen LogP contribution in [0.1, 0.15) is 64.7 Å². The van der Waals surface area contributed by atoms with Gasteiger partial charge in [-0.1, -0.05) is 26.2 Å². The molecule has 4 unspecified atom stereocenters. The van der Waals surface area contributed by atoms with E-state index >= 15 is 0 Å². The highest BCUT2D eigenvalue weighted by Crippen LogP contribution is 2.43. The Kier molecular flexibility index (Phi) is 3.91. The highest BCUT2D eigenvalue weighted by molar-refractivity contribution is 4.95. The second-order valence-corrected chi connectivity index (χ2v) is 6.10. The Bertz CT molecular complexity index is 231. The maximum Gasteiger partial charge on any atom is 0.0690 e. The Morgan fingerprint density at radius 3 is 2.75 bits per heavy atom. The average Bonchev–Trinajstić information content (AvgIpc) is 2.29. The van der Waals surface area contributed by atoms with E-state index in [2.05, 4.69) is 6.92 Å². The normalized spacial score (nSPS) is 45.6. The van der Waals surface area contributed by atoms with Gasteiger partial charge in [-0.25, -0.2) is 0 Å². The predicted molar refractivity (Wildman–Crippen MR) is 67.1 cm³/mol. The quantitative estimate of drug-likeness (QED) is 0.759. The Hall–Kier alpha value is -0.0800. The molecule has 0 aromatic carbocycles. The summed E-state index contributed by atoms with van der Waals surface area (Å²) >= 11 is 0. The van der Waals surface area contributed by atoms with Crippen molar-refractivity contribution < 1.29 is 5.11 Å². The van der Waals surface area contributed by atoms with E-state index in [0.717, 1.165) is 31.6 Å². The highest BCUT2D eigenvalue weighted by Gasteiger charge is 2.41. The number of hydrogen-bond acceptors (Lipinski definition) is 2. The summed E-state index contributed by atoms with van der Waals surface area (Å²) in [5, 5.41) is 10.8. The molecule has 2 aliphatic carbocycles. The Labute approximate surface area is 99.6 Å². The van der Waals surface area contributed by atoms with Crippen molar-refractivity contribution in [1.29, 1.82) is 0 Å². The minimum atomic E-state index is -0.425. The van der Waals surface area contributed by atoms with Crippen LogP contribution in [0.15, 0.2) is 0 Å².